The predicted molar refractivity (Wildman–Crippen MR) is 64.1 cm³/mol. The monoisotopic (exact) mass is 252 g/mol. The summed E-state index contributed by atoms with van der Waals surface area (Å²) in [6.07, 6.45) is 2.84. The third-order valence-electron chi connectivity index (χ3n) is 2.95. The van der Waals surface area contributed by atoms with E-state index in [4.69, 9.17) is 16.3 Å². The highest BCUT2D eigenvalue weighted by molar-refractivity contribution is 6.30. The maximum absolute atomic E-state index is 11.7. The second-order valence-corrected chi connectivity index (χ2v) is 4.60. The van der Waals surface area contributed by atoms with E-state index in [1.165, 1.54) is 0 Å². The van der Waals surface area contributed by atoms with Crippen LogP contribution in [0, 0.1) is 5.92 Å². The molecule has 0 N–H and O–H groups in total. The first kappa shape index (κ1) is 12.1. The second kappa shape index (κ2) is 5.32. The quantitative estimate of drug-likeness (QED) is 0.611. The Bertz CT molecular complexity index is 421. The number of esters is 1. The number of benzene rings is 1. The Labute approximate surface area is 105 Å². The molecule has 0 aromatic heterocycles. The van der Waals surface area contributed by atoms with Gasteiger partial charge in [0, 0.05) is 10.6 Å². The van der Waals surface area contributed by atoms with Crippen LogP contribution in [0.4, 0.5) is 0 Å². The minimum atomic E-state index is -0.251. The second-order valence-electron chi connectivity index (χ2n) is 4.17. The Morgan fingerprint density at radius 3 is 2.41 bits per heavy atom. The zero-order chi connectivity index (χ0) is 12.3. The topological polar surface area (TPSA) is 43.4 Å². The molecule has 4 heteroatoms. The number of halogens is 1. The molecule has 0 amide bonds. The van der Waals surface area contributed by atoms with Crippen molar-refractivity contribution in [3.05, 3.63) is 34.9 Å². The van der Waals surface area contributed by atoms with E-state index >= 15 is 0 Å². The van der Waals surface area contributed by atoms with Crippen LogP contribution in [-0.2, 0) is 9.53 Å². The fourth-order valence-electron chi connectivity index (χ4n) is 1.62. The van der Waals surface area contributed by atoms with Gasteiger partial charge in [0.15, 0.2) is 12.4 Å². The van der Waals surface area contributed by atoms with Gasteiger partial charge in [-0.15, -0.1) is 0 Å². The smallest absolute Gasteiger partial charge is 0.309 e. The number of hydrogen-bond donors (Lipinski definition) is 0. The Kier molecular flexibility index (Phi) is 3.79. The molecule has 0 atom stereocenters. The molecular weight excluding hydrogens is 240 g/mol. The molecule has 2 rings (SSSR count). The molecule has 1 fully saturated rings. The van der Waals surface area contributed by atoms with Crippen LogP contribution < -0.4 is 0 Å². The van der Waals surface area contributed by atoms with Crippen LogP contribution in [0.1, 0.15) is 29.6 Å². The first-order chi connectivity index (χ1) is 8.16. The van der Waals surface area contributed by atoms with Crippen molar-refractivity contribution in [2.24, 2.45) is 5.92 Å². The lowest BCUT2D eigenvalue weighted by molar-refractivity contribution is -0.150. The third-order valence-corrected chi connectivity index (χ3v) is 3.20. The lowest BCUT2D eigenvalue weighted by Crippen LogP contribution is -2.26. The highest BCUT2D eigenvalue weighted by atomic mass is 35.5. The number of carbonyl (C=O) groups excluding carboxylic acids is 2. The minimum Gasteiger partial charge on any atom is -0.457 e. The van der Waals surface area contributed by atoms with E-state index in [1.807, 2.05) is 0 Å². The molecule has 3 nitrogen and oxygen atoms in total. The van der Waals surface area contributed by atoms with Crippen molar-refractivity contribution in [1.82, 2.24) is 0 Å². The molecule has 0 unspecified atom stereocenters. The first-order valence-electron chi connectivity index (χ1n) is 5.62. The van der Waals surface area contributed by atoms with Crippen LogP contribution in [-0.4, -0.2) is 18.4 Å². The molecule has 0 aliphatic heterocycles. The maximum atomic E-state index is 11.7. The fourth-order valence-corrected chi connectivity index (χ4v) is 1.74. The Morgan fingerprint density at radius 2 is 1.88 bits per heavy atom. The van der Waals surface area contributed by atoms with E-state index in [-0.39, 0.29) is 24.3 Å². The van der Waals surface area contributed by atoms with Crippen LogP contribution in [0.3, 0.4) is 0 Å². The van der Waals surface area contributed by atoms with E-state index < -0.39 is 0 Å². The van der Waals surface area contributed by atoms with E-state index in [0.717, 1.165) is 19.3 Å². The lowest BCUT2D eigenvalue weighted by Gasteiger charge is -2.22. The van der Waals surface area contributed by atoms with Gasteiger partial charge in [-0.2, -0.15) is 0 Å². The molecule has 0 heterocycles. The summed E-state index contributed by atoms with van der Waals surface area (Å²) in [5.41, 5.74) is 0.510. The van der Waals surface area contributed by atoms with Crippen molar-refractivity contribution in [2.45, 2.75) is 19.3 Å². The van der Waals surface area contributed by atoms with Crippen LogP contribution >= 0.6 is 11.6 Å². The Morgan fingerprint density at radius 1 is 1.24 bits per heavy atom. The van der Waals surface area contributed by atoms with Gasteiger partial charge in [-0.3, -0.25) is 9.59 Å². The largest absolute Gasteiger partial charge is 0.457 e. The minimum absolute atomic E-state index is 0.00742. The van der Waals surface area contributed by atoms with Crippen LogP contribution in [0.15, 0.2) is 24.3 Å². The summed E-state index contributed by atoms with van der Waals surface area (Å²) in [4.78, 5) is 23.1. The van der Waals surface area contributed by atoms with Gasteiger partial charge >= 0.3 is 5.97 Å². The molecule has 90 valence electrons. The summed E-state index contributed by atoms with van der Waals surface area (Å²) >= 11 is 5.72. The summed E-state index contributed by atoms with van der Waals surface area (Å²) in [6, 6.07) is 6.54. The summed E-state index contributed by atoms with van der Waals surface area (Å²) in [5.74, 6) is -0.444. The van der Waals surface area contributed by atoms with Crippen molar-refractivity contribution in [1.29, 1.82) is 0 Å². The highest BCUT2D eigenvalue weighted by Crippen LogP contribution is 2.27. The SMILES string of the molecule is O=C(COC(=O)C1CCC1)c1ccc(Cl)cc1. The van der Waals surface area contributed by atoms with E-state index in [9.17, 15) is 9.59 Å². The van der Waals surface area contributed by atoms with Crippen LogP contribution in [0.2, 0.25) is 5.02 Å². The van der Waals surface area contributed by atoms with Gasteiger partial charge in [-0.05, 0) is 37.1 Å². The van der Waals surface area contributed by atoms with E-state index in [2.05, 4.69) is 0 Å². The van der Waals surface area contributed by atoms with Crippen molar-refractivity contribution < 1.29 is 14.3 Å². The normalized spacial score (nSPS) is 15.1. The lowest BCUT2D eigenvalue weighted by atomic mass is 9.86. The molecule has 0 spiro atoms. The first-order valence-corrected chi connectivity index (χ1v) is 6.00. The summed E-state index contributed by atoms with van der Waals surface area (Å²) in [5, 5.41) is 0.577. The molecule has 1 aliphatic carbocycles. The summed E-state index contributed by atoms with van der Waals surface area (Å²) in [6.45, 7) is -0.184. The molecule has 0 radical (unpaired) electrons. The van der Waals surface area contributed by atoms with Gasteiger partial charge in [-0.1, -0.05) is 18.0 Å². The third kappa shape index (κ3) is 3.07. The molecule has 0 bridgehead atoms. The average molecular weight is 253 g/mol. The highest BCUT2D eigenvalue weighted by Gasteiger charge is 2.27. The number of ether oxygens (including phenoxy) is 1. The van der Waals surface area contributed by atoms with Gasteiger partial charge in [-0.25, -0.2) is 0 Å². The molecule has 0 saturated heterocycles. The van der Waals surface area contributed by atoms with Gasteiger partial charge in [0.1, 0.15) is 0 Å². The molecular formula is C13H13ClO3. The average Bonchev–Trinajstić information content (AvgIpc) is 2.24. The number of carbonyl (C=O) groups is 2. The number of Topliss-reactive ketones (excluding diaryl/α,β-unsaturated/α-hetero) is 1. The molecule has 17 heavy (non-hydrogen) atoms. The summed E-state index contributed by atoms with van der Waals surface area (Å²) in [7, 11) is 0. The Hall–Kier alpha value is -1.35. The summed E-state index contributed by atoms with van der Waals surface area (Å²) < 4.78 is 4.97. The molecule has 1 aliphatic rings. The standard InChI is InChI=1S/C13H13ClO3/c14-11-6-4-9(5-7-11)12(15)8-17-13(16)10-2-1-3-10/h4-7,10H,1-3,8H2. The van der Waals surface area contributed by atoms with Crippen molar-refractivity contribution in [3.63, 3.8) is 0 Å². The molecule has 1 saturated carbocycles. The van der Waals surface area contributed by atoms with Crippen LogP contribution in [0.5, 0.6) is 0 Å². The van der Waals surface area contributed by atoms with Gasteiger partial charge in [0.05, 0.1) is 5.92 Å². The maximum Gasteiger partial charge on any atom is 0.309 e. The predicted octanol–water partition coefficient (Wildman–Crippen LogP) is 2.87. The van der Waals surface area contributed by atoms with Gasteiger partial charge in [0.2, 0.25) is 0 Å². The number of ketones is 1. The molecule has 1 aromatic carbocycles. The zero-order valence-corrected chi connectivity index (χ0v) is 10.1. The van der Waals surface area contributed by atoms with Gasteiger partial charge in [0.25, 0.3) is 0 Å². The number of rotatable bonds is 4. The van der Waals surface area contributed by atoms with Crippen molar-refractivity contribution >= 4 is 23.4 Å². The number of hydrogen-bond acceptors (Lipinski definition) is 3. The van der Waals surface area contributed by atoms with Gasteiger partial charge < -0.3 is 4.74 Å². The van der Waals surface area contributed by atoms with E-state index in [1.54, 1.807) is 24.3 Å². The molecule has 1 aromatic rings. The zero-order valence-electron chi connectivity index (χ0n) is 9.32. The van der Waals surface area contributed by atoms with Crippen LogP contribution in [0.25, 0.3) is 0 Å². The van der Waals surface area contributed by atoms with E-state index in [0.29, 0.717) is 10.6 Å². The van der Waals surface area contributed by atoms with Crippen molar-refractivity contribution in [2.75, 3.05) is 6.61 Å². The fraction of sp³-hybridized carbons (Fsp3) is 0.385. The Balaban J connectivity index is 1.84. The van der Waals surface area contributed by atoms with Crippen molar-refractivity contribution in [3.8, 4) is 0 Å².